The molecule has 46 heavy (non-hydrogen) atoms. The molecule has 5 aromatic rings. The fourth-order valence-corrected chi connectivity index (χ4v) is 4.81. The lowest BCUT2D eigenvalue weighted by Gasteiger charge is -2.16. The smallest absolute Gasteiger partial charge is 0.272 e. The molecule has 0 atom stereocenters. The lowest BCUT2D eigenvalue weighted by atomic mass is 9.90. The van der Waals surface area contributed by atoms with Crippen molar-refractivity contribution in [2.45, 2.75) is 52.4 Å². The van der Waals surface area contributed by atoms with E-state index in [1.807, 2.05) is 41.5 Å². The fraction of sp³-hybridized carbons (Fsp3) is 0.250. The molecule has 238 valence electrons. The number of nitrogens with one attached hydrogen (secondary N) is 6. The van der Waals surface area contributed by atoms with E-state index < -0.39 is 33.9 Å². The summed E-state index contributed by atoms with van der Waals surface area (Å²) in [6.45, 7) is 11.7. The SMILES string of the molecule is CC(C)(C)c1[nH]cnc1/C=c1\[nH]c(=O)/c(=C/c2cc(F)c(/C=c3\[nH]c(=O)/c(=C/c4nc[nH]c4C(C)(C)C)[nH]c3=O)cc2F)[nH]c1=O. The summed E-state index contributed by atoms with van der Waals surface area (Å²) in [6.07, 6.45) is 7.77. The number of aromatic nitrogens is 8. The molecule has 0 aliphatic rings. The molecule has 0 aliphatic heterocycles. The summed E-state index contributed by atoms with van der Waals surface area (Å²) in [5, 5.41) is -0.764. The molecule has 1 aromatic carbocycles. The van der Waals surface area contributed by atoms with Crippen molar-refractivity contribution in [1.82, 2.24) is 39.9 Å². The molecule has 14 heteroatoms. The zero-order valence-electron chi connectivity index (χ0n) is 25.9. The second-order valence-electron chi connectivity index (χ2n) is 12.8. The number of benzene rings is 1. The highest BCUT2D eigenvalue weighted by Crippen LogP contribution is 2.23. The molecule has 0 bridgehead atoms. The Labute approximate surface area is 258 Å². The number of hydrogen-bond acceptors (Lipinski definition) is 6. The van der Waals surface area contributed by atoms with Crippen LogP contribution in [0.25, 0.3) is 24.3 Å². The van der Waals surface area contributed by atoms with Gasteiger partial charge in [0.05, 0.1) is 24.0 Å². The molecule has 4 aromatic heterocycles. The van der Waals surface area contributed by atoms with Crippen molar-refractivity contribution in [2.75, 3.05) is 0 Å². The van der Waals surface area contributed by atoms with Crippen LogP contribution in [-0.2, 0) is 10.8 Å². The summed E-state index contributed by atoms with van der Waals surface area (Å²) < 4.78 is 30.2. The van der Waals surface area contributed by atoms with E-state index in [2.05, 4.69) is 39.9 Å². The van der Waals surface area contributed by atoms with Crippen LogP contribution in [0, 0.1) is 11.6 Å². The van der Waals surface area contributed by atoms with Gasteiger partial charge in [-0.3, -0.25) is 19.2 Å². The summed E-state index contributed by atoms with van der Waals surface area (Å²) in [4.78, 5) is 75.2. The molecule has 6 N–H and O–H groups in total. The standard InChI is InChI=1S/C32H32F2N8O4/c1-31(2,3)25-19(35-13-37-25)11-23-29(45)39-21(27(43)41-23)9-15-7-18(34)16(8-17(15)33)10-22-28(44)42-24(30(46)40-22)12-20-26(32(4,5)6)38-14-36-20/h7-14H,1-6H3,(H,35,37)(H,36,38)(H,39,45)(H,40,46)(H,41,43)(H,42,44)/b21-9-,22-10-,23-11-,24-12-. The van der Waals surface area contributed by atoms with E-state index in [0.29, 0.717) is 11.4 Å². The largest absolute Gasteiger partial charge is 0.348 e. The second kappa shape index (κ2) is 11.7. The monoisotopic (exact) mass is 630 g/mol. The van der Waals surface area contributed by atoms with Gasteiger partial charge in [0.1, 0.15) is 33.0 Å². The Balaban J connectivity index is 1.52. The lowest BCUT2D eigenvalue weighted by molar-refractivity contribution is 0.571. The average Bonchev–Trinajstić information content (AvgIpc) is 3.62. The Morgan fingerprint density at radius 1 is 0.543 bits per heavy atom. The molecule has 0 amide bonds. The van der Waals surface area contributed by atoms with Crippen LogP contribution in [0.2, 0.25) is 0 Å². The highest BCUT2D eigenvalue weighted by atomic mass is 19.1. The molecule has 0 fully saturated rings. The summed E-state index contributed by atoms with van der Waals surface area (Å²) in [7, 11) is 0. The highest BCUT2D eigenvalue weighted by molar-refractivity contribution is 5.56. The normalized spacial score (nSPS) is 14.1. The number of rotatable bonds is 4. The predicted octanol–water partition coefficient (Wildman–Crippen LogP) is 0.0744. The third-order valence-corrected chi connectivity index (χ3v) is 7.09. The van der Waals surface area contributed by atoms with Crippen molar-refractivity contribution in [3.63, 3.8) is 0 Å². The zero-order chi connectivity index (χ0) is 33.6. The van der Waals surface area contributed by atoms with E-state index in [4.69, 9.17) is 0 Å². The van der Waals surface area contributed by atoms with Gasteiger partial charge in [-0.1, -0.05) is 41.5 Å². The molecular weight excluding hydrogens is 598 g/mol. The van der Waals surface area contributed by atoms with Gasteiger partial charge in [-0.25, -0.2) is 18.7 Å². The van der Waals surface area contributed by atoms with E-state index in [-0.39, 0.29) is 43.4 Å². The van der Waals surface area contributed by atoms with Gasteiger partial charge in [0.25, 0.3) is 22.2 Å². The zero-order valence-corrected chi connectivity index (χ0v) is 25.9. The molecular formula is C32H32F2N8O4. The van der Waals surface area contributed by atoms with Gasteiger partial charge in [-0.05, 0) is 36.4 Å². The van der Waals surface area contributed by atoms with Crippen molar-refractivity contribution >= 4 is 24.3 Å². The van der Waals surface area contributed by atoms with Crippen LogP contribution >= 0.6 is 0 Å². The van der Waals surface area contributed by atoms with Crippen molar-refractivity contribution < 1.29 is 8.78 Å². The van der Waals surface area contributed by atoms with Gasteiger partial charge in [0.2, 0.25) is 0 Å². The summed E-state index contributed by atoms with van der Waals surface area (Å²) in [5.74, 6) is -1.90. The predicted molar refractivity (Wildman–Crippen MR) is 169 cm³/mol. The molecule has 0 saturated carbocycles. The summed E-state index contributed by atoms with van der Waals surface area (Å²) >= 11 is 0. The van der Waals surface area contributed by atoms with Crippen LogP contribution in [0.15, 0.2) is 44.0 Å². The van der Waals surface area contributed by atoms with Gasteiger partial charge >= 0.3 is 0 Å². The van der Waals surface area contributed by atoms with E-state index in [1.54, 1.807) is 0 Å². The number of aromatic amines is 6. The Hall–Kier alpha value is -5.66. The molecule has 5 rings (SSSR count). The molecule has 4 heterocycles. The van der Waals surface area contributed by atoms with Gasteiger partial charge in [0.15, 0.2) is 0 Å². The van der Waals surface area contributed by atoms with Crippen LogP contribution in [0.5, 0.6) is 0 Å². The van der Waals surface area contributed by atoms with Gasteiger partial charge in [-0.2, -0.15) is 0 Å². The van der Waals surface area contributed by atoms with Crippen molar-refractivity contribution in [1.29, 1.82) is 0 Å². The quantitative estimate of drug-likeness (QED) is 0.163. The molecule has 0 aliphatic carbocycles. The van der Waals surface area contributed by atoms with Crippen LogP contribution < -0.4 is 43.6 Å². The van der Waals surface area contributed by atoms with Crippen LogP contribution in [0.3, 0.4) is 0 Å². The minimum atomic E-state index is -0.952. The Kier molecular flexibility index (Phi) is 8.07. The number of nitrogens with zero attached hydrogens (tertiary/aromatic N) is 2. The maximum atomic E-state index is 15.1. The highest BCUT2D eigenvalue weighted by Gasteiger charge is 2.20. The average molecular weight is 631 g/mol. The van der Waals surface area contributed by atoms with Crippen molar-refractivity contribution in [2.24, 2.45) is 0 Å². The van der Waals surface area contributed by atoms with E-state index >= 15 is 8.78 Å². The van der Waals surface area contributed by atoms with Crippen molar-refractivity contribution in [3.8, 4) is 0 Å². The Morgan fingerprint density at radius 3 is 1.15 bits per heavy atom. The fourth-order valence-electron chi connectivity index (χ4n) is 4.81. The molecule has 12 nitrogen and oxygen atoms in total. The first-order chi connectivity index (χ1) is 21.5. The minimum absolute atomic E-state index is 0.0711. The number of imidazole rings is 2. The van der Waals surface area contributed by atoms with Crippen LogP contribution in [-0.4, -0.2) is 39.9 Å². The molecule has 0 unspecified atom stereocenters. The van der Waals surface area contributed by atoms with Crippen LogP contribution in [0.1, 0.15) is 75.4 Å². The number of halogens is 2. The first kappa shape index (κ1) is 31.8. The number of H-pyrrole nitrogens is 6. The van der Waals surface area contributed by atoms with E-state index in [1.165, 1.54) is 24.8 Å². The lowest BCUT2D eigenvalue weighted by Crippen LogP contribution is -2.47. The first-order valence-corrected chi connectivity index (χ1v) is 14.2. The molecule has 0 spiro atoms. The van der Waals surface area contributed by atoms with Crippen molar-refractivity contribution in [3.05, 3.63) is 133 Å². The topological polar surface area (TPSA) is 189 Å². The third kappa shape index (κ3) is 6.55. The first-order valence-electron chi connectivity index (χ1n) is 14.2. The maximum absolute atomic E-state index is 15.1. The van der Waals surface area contributed by atoms with E-state index in [0.717, 1.165) is 35.7 Å². The van der Waals surface area contributed by atoms with Crippen LogP contribution in [0.4, 0.5) is 8.78 Å². The summed E-state index contributed by atoms with van der Waals surface area (Å²) in [5.41, 5.74) is -1.71. The second-order valence-corrected chi connectivity index (χ2v) is 12.8. The maximum Gasteiger partial charge on any atom is 0.272 e. The molecule has 0 saturated heterocycles. The van der Waals surface area contributed by atoms with Gasteiger partial charge in [0, 0.05) is 33.3 Å². The molecule has 0 radical (unpaired) electrons. The third-order valence-electron chi connectivity index (χ3n) is 7.09. The summed E-state index contributed by atoms with van der Waals surface area (Å²) in [6, 6.07) is 1.61. The Bertz CT molecular complexity index is 2290. The number of hydrogen-bond donors (Lipinski definition) is 6. The van der Waals surface area contributed by atoms with Gasteiger partial charge < -0.3 is 29.9 Å². The van der Waals surface area contributed by atoms with Gasteiger partial charge in [-0.15, -0.1) is 0 Å². The van der Waals surface area contributed by atoms with E-state index in [9.17, 15) is 19.2 Å². The minimum Gasteiger partial charge on any atom is -0.348 e. The Morgan fingerprint density at radius 2 is 0.848 bits per heavy atom.